The van der Waals surface area contributed by atoms with Crippen LogP contribution >= 0.6 is 0 Å². The maximum absolute atomic E-state index is 13.6. The van der Waals surface area contributed by atoms with E-state index in [0.29, 0.717) is 29.8 Å². The Morgan fingerprint density at radius 1 is 1.07 bits per heavy atom. The molecule has 0 aliphatic carbocycles. The third kappa shape index (κ3) is 3.99. The molecule has 0 saturated carbocycles. The number of piperazine rings is 1. The number of nitrogens with zero attached hydrogens (tertiary/aromatic N) is 3. The van der Waals surface area contributed by atoms with Crippen LogP contribution in [-0.2, 0) is 16.0 Å². The SMILES string of the molecule is CCCCN1C(=O)/C(=C/c2ccccc2C#N)N(C)C(=O)C1(C)Cc1ccccc1. The Morgan fingerprint density at radius 3 is 2.40 bits per heavy atom. The Hall–Kier alpha value is -3.39. The lowest BCUT2D eigenvalue weighted by atomic mass is 9.86. The van der Waals surface area contributed by atoms with Gasteiger partial charge in [-0.05, 0) is 36.6 Å². The van der Waals surface area contributed by atoms with Crippen molar-refractivity contribution in [3.05, 3.63) is 77.0 Å². The van der Waals surface area contributed by atoms with Crippen LogP contribution in [0.1, 0.15) is 43.4 Å². The van der Waals surface area contributed by atoms with Gasteiger partial charge in [0.15, 0.2) is 0 Å². The molecule has 2 amide bonds. The molecule has 5 nitrogen and oxygen atoms in total. The molecule has 0 radical (unpaired) electrons. The van der Waals surface area contributed by atoms with Crippen molar-refractivity contribution in [1.82, 2.24) is 9.80 Å². The average molecular weight is 402 g/mol. The van der Waals surface area contributed by atoms with Crippen LogP contribution in [0.2, 0.25) is 0 Å². The van der Waals surface area contributed by atoms with Crippen LogP contribution in [0.15, 0.2) is 60.3 Å². The molecule has 1 saturated heterocycles. The van der Waals surface area contributed by atoms with Crippen molar-refractivity contribution in [2.75, 3.05) is 13.6 Å². The third-order valence-corrected chi connectivity index (χ3v) is 5.69. The largest absolute Gasteiger partial charge is 0.323 e. The van der Waals surface area contributed by atoms with Gasteiger partial charge < -0.3 is 9.80 Å². The van der Waals surface area contributed by atoms with Gasteiger partial charge in [0.25, 0.3) is 11.8 Å². The van der Waals surface area contributed by atoms with Crippen LogP contribution in [0, 0.1) is 11.3 Å². The molecule has 30 heavy (non-hydrogen) atoms. The lowest BCUT2D eigenvalue weighted by molar-refractivity contribution is -0.157. The zero-order valence-electron chi connectivity index (χ0n) is 17.8. The fourth-order valence-electron chi connectivity index (χ4n) is 3.95. The molecule has 1 aliphatic heterocycles. The molecular weight excluding hydrogens is 374 g/mol. The molecule has 0 N–H and O–H groups in total. The molecule has 2 aromatic rings. The Kier molecular flexibility index (Phi) is 6.37. The van der Waals surface area contributed by atoms with Gasteiger partial charge in [0.1, 0.15) is 11.2 Å². The van der Waals surface area contributed by atoms with Gasteiger partial charge in [-0.3, -0.25) is 9.59 Å². The van der Waals surface area contributed by atoms with E-state index in [1.54, 1.807) is 36.2 Å². The molecule has 154 valence electrons. The second kappa shape index (κ2) is 8.96. The number of unbranched alkanes of at least 4 members (excludes halogenated alkanes) is 1. The zero-order chi connectivity index (χ0) is 21.7. The van der Waals surface area contributed by atoms with E-state index < -0.39 is 5.54 Å². The van der Waals surface area contributed by atoms with E-state index in [0.717, 1.165) is 18.4 Å². The maximum Gasteiger partial charge on any atom is 0.271 e. The predicted molar refractivity (Wildman–Crippen MR) is 117 cm³/mol. The van der Waals surface area contributed by atoms with Crippen LogP contribution < -0.4 is 0 Å². The molecule has 1 heterocycles. The van der Waals surface area contributed by atoms with Gasteiger partial charge in [0.05, 0.1) is 11.6 Å². The standard InChI is InChI=1S/C25H27N3O2/c1-4-5-15-28-23(29)22(16-20-13-9-10-14-21(20)18-26)27(3)24(30)25(28,2)17-19-11-7-6-8-12-19/h6-14,16H,4-5,15,17H2,1-3H3/b22-16-. The smallest absolute Gasteiger partial charge is 0.271 e. The van der Waals surface area contributed by atoms with Gasteiger partial charge in [0.2, 0.25) is 0 Å². The van der Waals surface area contributed by atoms with Crippen molar-refractivity contribution in [2.45, 2.75) is 38.6 Å². The van der Waals surface area contributed by atoms with E-state index in [1.165, 1.54) is 4.90 Å². The third-order valence-electron chi connectivity index (χ3n) is 5.69. The molecule has 1 unspecified atom stereocenters. The number of carbonyl (C=O) groups is 2. The van der Waals surface area contributed by atoms with Crippen LogP contribution in [0.25, 0.3) is 6.08 Å². The minimum atomic E-state index is -0.964. The summed E-state index contributed by atoms with van der Waals surface area (Å²) in [5.74, 6) is -0.306. The zero-order valence-corrected chi connectivity index (χ0v) is 17.8. The molecule has 1 fully saturated rings. The summed E-state index contributed by atoms with van der Waals surface area (Å²) in [7, 11) is 1.64. The monoisotopic (exact) mass is 401 g/mol. The summed E-state index contributed by atoms with van der Waals surface area (Å²) in [5, 5.41) is 9.39. The van der Waals surface area contributed by atoms with E-state index in [1.807, 2.05) is 43.3 Å². The number of hydrogen-bond acceptors (Lipinski definition) is 3. The highest BCUT2D eigenvalue weighted by atomic mass is 16.2. The summed E-state index contributed by atoms with van der Waals surface area (Å²) in [6.45, 7) is 4.43. The van der Waals surface area contributed by atoms with Crippen molar-refractivity contribution < 1.29 is 9.59 Å². The van der Waals surface area contributed by atoms with Crippen molar-refractivity contribution in [1.29, 1.82) is 5.26 Å². The van der Waals surface area contributed by atoms with Gasteiger partial charge in [-0.15, -0.1) is 0 Å². The quantitative estimate of drug-likeness (QED) is 0.687. The molecule has 1 aliphatic rings. The molecular formula is C25H27N3O2. The van der Waals surface area contributed by atoms with Crippen LogP contribution in [-0.4, -0.2) is 40.7 Å². The summed E-state index contributed by atoms with van der Waals surface area (Å²) in [4.78, 5) is 30.3. The van der Waals surface area contributed by atoms with Crippen molar-refractivity contribution in [3.63, 3.8) is 0 Å². The molecule has 3 rings (SSSR count). The first kappa shape index (κ1) is 21.3. The molecule has 5 heteroatoms. The van der Waals surface area contributed by atoms with Crippen LogP contribution in [0.5, 0.6) is 0 Å². The van der Waals surface area contributed by atoms with E-state index >= 15 is 0 Å². The molecule has 0 aromatic heterocycles. The fourth-order valence-corrected chi connectivity index (χ4v) is 3.95. The topological polar surface area (TPSA) is 64.4 Å². The van der Waals surface area contributed by atoms with Gasteiger partial charge >= 0.3 is 0 Å². The first-order valence-electron chi connectivity index (χ1n) is 10.3. The van der Waals surface area contributed by atoms with E-state index in [-0.39, 0.29) is 11.8 Å². The number of hydrogen-bond donors (Lipinski definition) is 0. The minimum Gasteiger partial charge on any atom is -0.323 e. The first-order valence-corrected chi connectivity index (χ1v) is 10.3. The summed E-state index contributed by atoms with van der Waals surface area (Å²) < 4.78 is 0. The molecule has 0 bridgehead atoms. The highest BCUT2D eigenvalue weighted by Crippen LogP contribution is 2.33. The minimum absolute atomic E-state index is 0.122. The van der Waals surface area contributed by atoms with Crippen LogP contribution in [0.3, 0.4) is 0 Å². The predicted octanol–water partition coefficient (Wildman–Crippen LogP) is 4.00. The van der Waals surface area contributed by atoms with Gasteiger partial charge in [0, 0.05) is 20.0 Å². The summed E-state index contributed by atoms with van der Waals surface area (Å²) >= 11 is 0. The Morgan fingerprint density at radius 2 is 1.73 bits per heavy atom. The fraction of sp³-hybridized carbons (Fsp3) is 0.320. The molecule has 2 aromatic carbocycles. The molecule has 0 spiro atoms. The van der Waals surface area contributed by atoms with Gasteiger partial charge in [-0.1, -0.05) is 61.9 Å². The lowest BCUT2D eigenvalue weighted by Gasteiger charge is -2.47. The summed E-state index contributed by atoms with van der Waals surface area (Å²) in [6.07, 6.45) is 3.84. The van der Waals surface area contributed by atoms with E-state index in [4.69, 9.17) is 0 Å². The number of amides is 2. The second-order valence-corrected chi connectivity index (χ2v) is 7.84. The highest BCUT2D eigenvalue weighted by Gasteiger charge is 2.50. The first-order chi connectivity index (χ1) is 14.4. The number of benzene rings is 2. The van der Waals surface area contributed by atoms with Crippen LogP contribution in [0.4, 0.5) is 0 Å². The van der Waals surface area contributed by atoms with E-state index in [2.05, 4.69) is 13.0 Å². The van der Waals surface area contributed by atoms with Gasteiger partial charge in [-0.2, -0.15) is 5.26 Å². The summed E-state index contributed by atoms with van der Waals surface area (Å²) in [5.41, 5.74) is 1.44. The number of nitriles is 1. The normalized spacial score (nSPS) is 20.5. The van der Waals surface area contributed by atoms with Crippen molar-refractivity contribution in [2.24, 2.45) is 0 Å². The Labute approximate surface area is 178 Å². The highest BCUT2D eigenvalue weighted by molar-refractivity contribution is 6.09. The van der Waals surface area contributed by atoms with Crippen molar-refractivity contribution >= 4 is 17.9 Å². The number of likely N-dealkylation sites (N-methyl/N-ethyl adjacent to an activating group) is 1. The number of carbonyl (C=O) groups excluding carboxylic acids is 2. The molecule has 1 atom stereocenters. The second-order valence-electron chi connectivity index (χ2n) is 7.84. The number of rotatable bonds is 6. The van der Waals surface area contributed by atoms with E-state index in [9.17, 15) is 14.9 Å². The van der Waals surface area contributed by atoms with Gasteiger partial charge in [-0.25, -0.2) is 0 Å². The average Bonchev–Trinajstić information content (AvgIpc) is 2.76. The summed E-state index contributed by atoms with van der Waals surface area (Å²) in [6, 6.07) is 19.0. The van der Waals surface area contributed by atoms with Crippen molar-refractivity contribution in [3.8, 4) is 6.07 Å². The Balaban J connectivity index is 2.05. The maximum atomic E-state index is 13.6. The Bertz CT molecular complexity index is 1010. The lowest BCUT2D eigenvalue weighted by Crippen LogP contribution is -2.66.